The van der Waals surface area contributed by atoms with E-state index in [2.05, 4.69) is 10.6 Å². The number of anilines is 2. The van der Waals surface area contributed by atoms with Crippen LogP contribution in [-0.4, -0.2) is 11.8 Å². The third-order valence-corrected chi connectivity index (χ3v) is 3.77. The molecule has 0 aliphatic rings. The monoisotopic (exact) mass is 388 g/mol. The van der Waals surface area contributed by atoms with Gasteiger partial charge in [-0.25, -0.2) is 0 Å². The first-order valence-corrected chi connectivity index (χ1v) is 8.19. The molecule has 3 aromatic rings. The van der Waals surface area contributed by atoms with Gasteiger partial charge in [-0.1, -0.05) is 12.1 Å². The highest BCUT2D eigenvalue weighted by Gasteiger charge is 2.30. The van der Waals surface area contributed by atoms with Crippen LogP contribution in [0, 0.1) is 0 Å². The molecule has 0 bridgehead atoms. The fourth-order valence-corrected chi connectivity index (χ4v) is 2.50. The zero-order valence-electron chi connectivity index (χ0n) is 14.6. The van der Waals surface area contributed by atoms with E-state index >= 15 is 0 Å². The molecule has 0 saturated heterocycles. The molecular formula is C20H15F3N2O3. The summed E-state index contributed by atoms with van der Waals surface area (Å²) < 4.78 is 43.9. The second-order valence-corrected chi connectivity index (χ2v) is 5.96. The topological polar surface area (TPSA) is 71.3 Å². The molecule has 0 saturated carbocycles. The summed E-state index contributed by atoms with van der Waals surface area (Å²) in [6, 6.07) is 13.9. The molecule has 0 atom stereocenters. The van der Waals surface area contributed by atoms with Crippen LogP contribution >= 0.6 is 0 Å². The molecule has 2 N–H and O–H groups in total. The van der Waals surface area contributed by atoms with Crippen molar-refractivity contribution in [3.05, 3.63) is 72.0 Å². The van der Waals surface area contributed by atoms with E-state index in [4.69, 9.17) is 4.42 Å². The van der Waals surface area contributed by atoms with Crippen molar-refractivity contribution < 1.29 is 27.2 Å². The second kappa shape index (κ2) is 7.59. The Balaban J connectivity index is 1.73. The smallest absolute Gasteiger partial charge is 0.416 e. The van der Waals surface area contributed by atoms with Gasteiger partial charge in [0.05, 0.1) is 5.56 Å². The molecule has 2 amide bonds. The lowest BCUT2D eigenvalue weighted by molar-refractivity contribution is -0.137. The summed E-state index contributed by atoms with van der Waals surface area (Å²) in [4.78, 5) is 23.3. The number of nitrogens with one attached hydrogen (secondary N) is 2. The molecule has 1 aromatic heterocycles. The zero-order valence-corrected chi connectivity index (χ0v) is 14.6. The molecule has 0 aliphatic heterocycles. The van der Waals surface area contributed by atoms with E-state index in [-0.39, 0.29) is 23.0 Å². The van der Waals surface area contributed by atoms with Crippen molar-refractivity contribution in [2.75, 3.05) is 10.6 Å². The number of carbonyl (C=O) groups is 2. The average molecular weight is 388 g/mol. The van der Waals surface area contributed by atoms with Crippen molar-refractivity contribution >= 4 is 23.2 Å². The molecular weight excluding hydrogens is 373 g/mol. The van der Waals surface area contributed by atoms with E-state index in [0.29, 0.717) is 11.4 Å². The van der Waals surface area contributed by atoms with Crippen LogP contribution < -0.4 is 10.6 Å². The molecule has 0 fully saturated rings. The molecule has 0 spiro atoms. The molecule has 0 radical (unpaired) electrons. The predicted molar refractivity (Wildman–Crippen MR) is 97.8 cm³/mol. The Morgan fingerprint density at radius 2 is 1.54 bits per heavy atom. The Hall–Kier alpha value is -3.55. The van der Waals surface area contributed by atoms with Gasteiger partial charge < -0.3 is 15.1 Å². The van der Waals surface area contributed by atoms with Crippen molar-refractivity contribution in [2.45, 2.75) is 13.1 Å². The lowest BCUT2D eigenvalue weighted by Crippen LogP contribution is -2.11. The number of carbonyl (C=O) groups excluding carboxylic acids is 2. The normalized spacial score (nSPS) is 11.1. The Morgan fingerprint density at radius 3 is 2.14 bits per heavy atom. The van der Waals surface area contributed by atoms with Crippen molar-refractivity contribution in [1.29, 1.82) is 0 Å². The van der Waals surface area contributed by atoms with Gasteiger partial charge in [0.15, 0.2) is 5.76 Å². The lowest BCUT2D eigenvalue weighted by atomic mass is 10.1. The van der Waals surface area contributed by atoms with Gasteiger partial charge in [-0.3, -0.25) is 9.59 Å². The minimum Gasteiger partial charge on any atom is -0.451 e. The Morgan fingerprint density at radius 1 is 0.893 bits per heavy atom. The molecule has 0 unspecified atom stereocenters. The van der Waals surface area contributed by atoms with Gasteiger partial charge in [0, 0.05) is 23.9 Å². The fourth-order valence-electron chi connectivity index (χ4n) is 2.50. The number of halogens is 3. The Kier molecular flexibility index (Phi) is 5.21. The lowest BCUT2D eigenvalue weighted by Gasteiger charge is -2.07. The van der Waals surface area contributed by atoms with Crippen LogP contribution in [0.25, 0.3) is 11.3 Å². The maximum absolute atomic E-state index is 12.8. The number of hydrogen-bond acceptors (Lipinski definition) is 3. The van der Waals surface area contributed by atoms with Crippen LogP contribution in [0.2, 0.25) is 0 Å². The quantitative estimate of drug-likeness (QED) is 0.647. The summed E-state index contributed by atoms with van der Waals surface area (Å²) in [5.41, 5.74) is 0.464. The predicted octanol–water partition coefficient (Wildman–Crippen LogP) is 5.18. The van der Waals surface area contributed by atoms with Gasteiger partial charge in [0.25, 0.3) is 5.91 Å². The van der Waals surface area contributed by atoms with E-state index in [0.717, 1.165) is 12.1 Å². The average Bonchev–Trinajstić information content (AvgIpc) is 3.13. The maximum atomic E-state index is 12.8. The molecule has 1 heterocycles. The zero-order chi connectivity index (χ0) is 20.3. The van der Waals surface area contributed by atoms with Crippen LogP contribution in [0.5, 0.6) is 0 Å². The highest BCUT2D eigenvalue weighted by molar-refractivity contribution is 6.02. The molecule has 0 aliphatic carbocycles. The fraction of sp³-hybridized carbons (Fsp3) is 0.100. The molecule has 8 heteroatoms. The van der Waals surface area contributed by atoms with Crippen molar-refractivity contribution in [1.82, 2.24) is 0 Å². The van der Waals surface area contributed by atoms with Crippen molar-refractivity contribution in [2.24, 2.45) is 0 Å². The molecule has 3 rings (SSSR count). The molecule has 144 valence electrons. The Bertz CT molecular complexity index is 1010. The maximum Gasteiger partial charge on any atom is 0.416 e. The SMILES string of the molecule is CC(=O)Nc1ccc(NC(=O)c2ccc(-c3cccc(C(F)(F)F)c3)o2)cc1. The van der Waals surface area contributed by atoms with Crippen LogP contribution in [0.4, 0.5) is 24.5 Å². The number of hydrogen-bond donors (Lipinski definition) is 2. The number of rotatable bonds is 4. The summed E-state index contributed by atoms with van der Waals surface area (Å²) in [5, 5.41) is 5.22. The summed E-state index contributed by atoms with van der Waals surface area (Å²) in [7, 11) is 0. The summed E-state index contributed by atoms with van der Waals surface area (Å²) >= 11 is 0. The second-order valence-electron chi connectivity index (χ2n) is 5.96. The van der Waals surface area contributed by atoms with Gasteiger partial charge in [-0.15, -0.1) is 0 Å². The molecule has 5 nitrogen and oxygen atoms in total. The third-order valence-electron chi connectivity index (χ3n) is 3.77. The van der Waals surface area contributed by atoms with E-state index in [1.807, 2.05) is 0 Å². The van der Waals surface area contributed by atoms with Gasteiger partial charge in [-0.2, -0.15) is 13.2 Å². The van der Waals surface area contributed by atoms with E-state index in [1.54, 1.807) is 24.3 Å². The van der Waals surface area contributed by atoms with E-state index in [9.17, 15) is 22.8 Å². The highest BCUT2D eigenvalue weighted by atomic mass is 19.4. The van der Waals surface area contributed by atoms with Gasteiger partial charge >= 0.3 is 6.18 Å². The van der Waals surface area contributed by atoms with Crippen LogP contribution in [0.15, 0.2) is 65.1 Å². The van der Waals surface area contributed by atoms with Crippen molar-refractivity contribution in [3.63, 3.8) is 0 Å². The highest BCUT2D eigenvalue weighted by Crippen LogP contribution is 2.32. The number of furan rings is 1. The van der Waals surface area contributed by atoms with E-state index in [1.165, 1.54) is 31.2 Å². The Labute approximate surface area is 158 Å². The molecule has 2 aromatic carbocycles. The van der Waals surface area contributed by atoms with Gasteiger partial charge in [0.1, 0.15) is 5.76 Å². The van der Waals surface area contributed by atoms with Gasteiger partial charge in [-0.05, 0) is 48.5 Å². The van der Waals surface area contributed by atoms with Crippen LogP contribution in [0.3, 0.4) is 0 Å². The summed E-state index contributed by atoms with van der Waals surface area (Å²) in [6.45, 7) is 1.38. The standard InChI is InChI=1S/C20H15F3N2O3/c1-12(26)24-15-5-7-16(8-6-15)25-19(27)18-10-9-17(28-18)13-3-2-4-14(11-13)20(21,22)23/h2-11H,1H3,(H,24,26)(H,25,27). The largest absolute Gasteiger partial charge is 0.451 e. The van der Waals surface area contributed by atoms with Crippen LogP contribution in [0.1, 0.15) is 23.0 Å². The summed E-state index contributed by atoms with van der Waals surface area (Å²) in [6.07, 6.45) is -4.47. The molecule has 28 heavy (non-hydrogen) atoms. The number of benzene rings is 2. The van der Waals surface area contributed by atoms with E-state index < -0.39 is 17.6 Å². The minimum atomic E-state index is -4.47. The summed E-state index contributed by atoms with van der Waals surface area (Å²) in [5.74, 6) is -0.657. The first-order valence-electron chi connectivity index (χ1n) is 8.19. The third kappa shape index (κ3) is 4.59. The first kappa shape index (κ1) is 19.2. The van der Waals surface area contributed by atoms with Crippen molar-refractivity contribution in [3.8, 4) is 11.3 Å². The van der Waals surface area contributed by atoms with Gasteiger partial charge in [0.2, 0.25) is 5.91 Å². The van der Waals surface area contributed by atoms with Crippen LogP contribution in [-0.2, 0) is 11.0 Å². The number of alkyl halides is 3. The first-order chi connectivity index (χ1) is 13.2. The minimum absolute atomic E-state index is 0.0432. The number of amides is 2.